The molecule has 6 nitrogen and oxygen atoms in total. The molecule has 1 aliphatic rings. The number of rotatable bonds is 14. The van der Waals surface area contributed by atoms with Crippen LogP contribution in [0, 0.1) is 0 Å². The molecule has 0 aromatic heterocycles. The first-order valence-corrected chi connectivity index (χ1v) is 12.4. The van der Waals surface area contributed by atoms with Gasteiger partial charge in [0.05, 0.1) is 6.61 Å². The largest absolute Gasteiger partial charge is 0.494 e. The van der Waals surface area contributed by atoms with E-state index in [1.807, 2.05) is 19.1 Å². The van der Waals surface area contributed by atoms with Crippen LogP contribution in [0.4, 0.5) is 0 Å². The summed E-state index contributed by atoms with van der Waals surface area (Å²) in [6, 6.07) is 6.64. The van der Waals surface area contributed by atoms with Gasteiger partial charge in [0.15, 0.2) is 0 Å². The summed E-state index contributed by atoms with van der Waals surface area (Å²) in [6.07, 6.45) is 10.7. The molecule has 2 amide bonds. The molecule has 0 radical (unpaired) electrons. The topological polar surface area (TPSA) is 70.7 Å². The van der Waals surface area contributed by atoms with Crippen LogP contribution in [0.25, 0.3) is 0 Å². The van der Waals surface area contributed by atoms with E-state index in [1.165, 1.54) is 32.1 Å². The number of nitrogens with zero attached hydrogens (tertiary/aromatic N) is 1. The summed E-state index contributed by atoms with van der Waals surface area (Å²) in [5.74, 6) is 0.447. The van der Waals surface area contributed by atoms with Crippen LogP contribution in [-0.4, -0.2) is 55.5 Å². The first-order valence-electron chi connectivity index (χ1n) is 12.4. The van der Waals surface area contributed by atoms with Gasteiger partial charge < -0.3 is 20.3 Å². The summed E-state index contributed by atoms with van der Waals surface area (Å²) in [4.78, 5) is 27.9. The van der Waals surface area contributed by atoms with Gasteiger partial charge in [0, 0.05) is 17.6 Å². The minimum absolute atomic E-state index is 0.0306. The monoisotopic (exact) mass is 445 g/mol. The lowest BCUT2D eigenvalue weighted by Crippen LogP contribution is -2.54. The van der Waals surface area contributed by atoms with Gasteiger partial charge >= 0.3 is 0 Å². The molecule has 1 saturated carbocycles. The average Bonchev–Trinajstić information content (AvgIpc) is 3.28. The third kappa shape index (κ3) is 7.80. The first-order chi connectivity index (χ1) is 15.4. The van der Waals surface area contributed by atoms with E-state index in [-0.39, 0.29) is 17.4 Å². The highest BCUT2D eigenvalue weighted by Crippen LogP contribution is 2.33. The van der Waals surface area contributed by atoms with Gasteiger partial charge in [0.1, 0.15) is 11.8 Å². The molecule has 1 aliphatic carbocycles. The zero-order valence-electron chi connectivity index (χ0n) is 20.5. The third-order valence-corrected chi connectivity index (χ3v) is 6.66. The lowest BCUT2D eigenvalue weighted by molar-refractivity contribution is -0.123. The molecule has 1 atom stereocenters. The Bertz CT molecular complexity index is 697. The van der Waals surface area contributed by atoms with Gasteiger partial charge in [-0.1, -0.05) is 52.4 Å². The van der Waals surface area contributed by atoms with Gasteiger partial charge in [0.2, 0.25) is 5.91 Å². The highest BCUT2D eigenvalue weighted by Gasteiger charge is 2.36. The van der Waals surface area contributed by atoms with Crippen molar-refractivity contribution in [3.8, 4) is 5.75 Å². The number of carbonyl (C=O) groups is 2. The SMILES string of the molecule is CCCCCCOc1ccc(C(=O)N[C@@H](CCC)C(=O)NCC2(N(C)C)CCCC2)cc1. The zero-order valence-corrected chi connectivity index (χ0v) is 20.5. The number of nitrogens with one attached hydrogen (secondary N) is 2. The number of ether oxygens (including phenoxy) is 1. The van der Waals surface area contributed by atoms with Crippen LogP contribution in [0.3, 0.4) is 0 Å². The quantitative estimate of drug-likeness (QED) is 0.413. The van der Waals surface area contributed by atoms with E-state index in [1.54, 1.807) is 12.1 Å². The Morgan fingerprint density at radius 1 is 1.03 bits per heavy atom. The summed E-state index contributed by atoms with van der Waals surface area (Å²) in [6.45, 7) is 5.53. The Morgan fingerprint density at radius 3 is 2.31 bits per heavy atom. The van der Waals surface area contributed by atoms with Gasteiger partial charge in [-0.2, -0.15) is 0 Å². The Morgan fingerprint density at radius 2 is 1.72 bits per heavy atom. The fourth-order valence-corrected chi connectivity index (χ4v) is 4.41. The van der Waals surface area contributed by atoms with E-state index in [4.69, 9.17) is 4.74 Å². The van der Waals surface area contributed by atoms with Crippen molar-refractivity contribution in [1.29, 1.82) is 0 Å². The maximum atomic E-state index is 12.9. The second kappa shape index (κ2) is 13.5. The van der Waals surface area contributed by atoms with E-state index in [9.17, 15) is 9.59 Å². The molecule has 180 valence electrons. The fourth-order valence-electron chi connectivity index (χ4n) is 4.41. The molecular formula is C26H43N3O3. The number of benzene rings is 1. The molecule has 2 N–H and O–H groups in total. The molecule has 1 fully saturated rings. The third-order valence-electron chi connectivity index (χ3n) is 6.66. The van der Waals surface area contributed by atoms with Crippen molar-refractivity contribution < 1.29 is 14.3 Å². The highest BCUT2D eigenvalue weighted by molar-refractivity contribution is 5.97. The molecule has 0 saturated heterocycles. The van der Waals surface area contributed by atoms with Crippen LogP contribution in [0.1, 0.15) is 88.4 Å². The normalized spacial score (nSPS) is 16.0. The Balaban J connectivity index is 1.88. The van der Waals surface area contributed by atoms with Crippen LogP contribution < -0.4 is 15.4 Å². The van der Waals surface area contributed by atoms with E-state index in [2.05, 4.69) is 36.6 Å². The average molecular weight is 446 g/mol. The first kappa shape index (κ1) is 26.2. The number of hydrogen-bond acceptors (Lipinski definition) is 4. The summed E-state index contributed by atoms with van der Waals surface area (Å²) in [5.41, 5.74) is 0.570. The van der Waals surface area contributed by atoms with Gasteiger partial charge in [-0.05, 0) is 64.0 Å². The molecule has 0 spiro atoms. The lowest BCUT2D eigenvalue weighted by Gasteiger charge is -2.37. The zero-order chi connectivity index (χ0) is 23.4. The summed E-state index contributed by atoms with van der Waals surface area (Å²) in [5, 5.41) is 6.05. The minimum atomic E-state index is -0.525. The van der Waals surface area contributed by atoms with Gasteiger partial charge in [-0.15, -0.1) is 0 Å². The number of carbonyl (C=O) groups excluding carboxylic acids is 2. The lowest BCUT2D eigenvalue weighted by atomic mass is 9.95. The standard InChI is InChI=1S/C26H43N3O3/c1-5-7-8-11-19-32-22-15-13-21(14-16-22)24(30)28-23(12-6-2)25(31)27-20-26(29(3)4)17-9-10-18-26/h13-16,23H,5-12,17-20H2,1-4H3,(H,27,31)(H,28,30)/t23-/m0/s1. The minimum Gasteiger partial charge on any atom is -0.494 e. The molecule has 0 aliphatic heterocycles. The Hall–Kier alpha value is -2.08. The number of likely N-dealkylation sites (N-methyl/N-ethyl adjacent to an activating group) is 1. The fraction of sp³-hybridized carbons (Fsp3) is 0.692. The molecule has 1 aromatic rings. The maximum Gasteiger partial charge on any atom is 0.251 e. The molecule has 0 unspecified atom stereocenters. The van der Waals surface area contributed by atoms with E-state index in [0.29, 0.717) is 25.1 Å². The molecule has 1 aromatic carbocycles. The van der Waals surface area contributed by atoms with Crippen LogP contribution in [-0.2, 0) is 4.79 Å². The molecule has 32 heavy (non-hydrogen) atoms. The van der Waals surface area contributed by atoms with E-state index >= 15 is 0 Å². The Kier molecular flexibility index (Phi) is 11.0. The second-order valence-corrected chi connectivity index (χ2v) is 9.29. The summed E-state index contributed by atoms with van der Waals surface area (Å²) in [7, 11) is 4.17. The molecule has 0 heterocycles. The van der Waals surface area contributed by atoms with Crippen LogP contribution in [0.2, 0.25) is 0 Å². The predicted octanol–water partition coefficient (Wildman–Crippen LogP) is 4.53. The number of amides is 2. The Labute approximate surface area is 194 Å². The van der Waals surface area contributed by atoms with Crippen LogP contribution >= 0.6 is 0 Å². The van der Waals surface area contributed by atoms with Crippen molar-refractivity contribution in [3.05, 3.63) is 29.8 Å². The van der Waals surface area contributed by atoms with Crippen molar-refractivity contribution in [2.75, 3.05) is 27.2 Å². The van der Waals surface area contributed by atoms with Crippen molar-refractivity contribution in [2.45, 2.75) is 89.6 Å². The van der Waals surface area contributed by atoms with Crippen LogP contribution in [0.5, 0.6) is 5.75 Å². The smallest absolute Gasteiger partial charge is 0.251 e. The molecule has 6 heteroatoms. The maximum absolute atomic E-state index is 12.9. The summed E-state index contributed by atoms with van der Waals surface area (Å²) >= 11 is 0. The van der Waals surface area contributed by atoms with Crippen molar-refractivity contribution in [3.63, 3.8) is 0 Å². The van der Waals surface area contributed by atoms with Crippen LogP contribution in [0.15, 0.2) is 24.3 Å². The second-order valence-electron chi connectivity index (χ2n) is 9.29. The molecule has 2 rings (SSSR count). The number of hydrogen-bond donors (Lipinski definition) is 2. The van der Waals surface area contributed by atoms with Crippen molar-refractivity contribution in [1.82, 2.24) is 15.5 Å². The molecular weight excluding hydrogens is 402 g/mol. The van der Waals surface area contributed by atoms with Gasteiger partial charge in [-0.3, -0.25) is 9.59 Å². The van der Waals surface area contributed by atoms with E-state index in [0.717, 1.165) is 31.4 Å². The van der Waals surface area contributed by atoms with Crippen molar-refractivity contribution >= 4 is 11.8 Å². The predicted molar refractivity (Wildman–Crippen MR) is 130 cm³/mol. The molecule has 0 bridgehead atoms. The van der Waals surface area contributed by atoms with Gasteiger partial charge in [-0.25, -0.2) is 0 Å². The number of unbranched alkanes of at least 4 members (excludes halogenated alkanes) is 3. The van der Waals surface area contributed by atoms with Crippen molar-refractivity contribution in [2.24, 2.45) is 0 Å². The van der Waals surface area contributed by atoms with E-state index < -0.39 is 6.04 Å². The summed E-state index contributed by atoms with van der Waals surface area (Å²) < 4.78 is 5.75. The highest BCUT2D eigenvalue weighted by atomic mass is 16.5. The van der Waals surface area contributed by atoms with Gasteiger partial charge in [0.25, 0.3) is 5.91 Å².